The molecule has 0 aliphatic carbocycles. The number of benzene rings is 2. The van der Waals surface area contributed by atoms with Gasteiger partial charge in [0.25, 0.3) is 0 Å². The van der Waals surface area contributed by atoms with E-state index in [-0.39, 0.29) is 5.56 Å². The highest BCUT2D eigenvalue weighted by Gasteiger charge is 2.40. The molecule has 0 spiro atoms. The average molecular weight is 347 g/mol. The number of rotatable bonds is 5. The quantitative estimate of drug-likeness (QED) is 0.735. The summed E-state index contributed by atoms with van der Waals surface area (Å²) in [5.74, 6) is 0.624. The van der Waals surface area contributed by atoms with Gasteiger partial charge in [-0.15, -0.1) is 0 Å². The molecule has 4 nitrogen and oxygen atoms in total. The Bertz CT molecular complexity index is 862. The lowest BCUT2D eigenvalue weighted by atomic mass is 9.99. The van der Waals surface area contributed by atoms with Crippen LogP contribution in [0.1, 0.15) is 17.2 Å². The van der Waals surface area contributed by atoms with Crippen LogP contribution in [-0.4, -0.2) is 27.8 Å². The lowest BCUT2D eigenvalue weighted by Gasteiger charge is -2.18. The molecule has 1 unspecified atom stereocenters. The third-order valence-corrected chi connectivity index (χ3v) is 3.89. The van der Waals surface area contributed by atoms with Gasteiger partial charge in [-0.1, -0.05) is 36.4 Å². The zero-order valence-corrected chi connectivity index (χ0v) is 13.2. The summed E-state index contributed by atoms with van der Waals surface area (Å²) in [4.78, 5) is 8.35. The molecule has 0 saturated heterocycles. The van der Waals surface area contributed by atoms with Crippen LogP contribution in [0, 0.1) is 0 Å². The number of hydrogen-bond donors (Lipinski definition) is 2. The van der Waals surface area contributed by atoms with Gasteiger partial charge in [-0.05, 0) is 29.7 Å². The summed E-state index contributed by atoms with van der Waals surface area (Å²) in [6.07, 6.45) is -5.41. The summed E-state index contributed by atoms with van der Waals surface area (Å²) in [6, 6.07) is 13.5. The van der Waals surface area contributed by atoms with Crippen molar-refractivity contribution in [1.29, 1.82) is 0 Å². The second kappa shape index (κ2) is 7.06. The molecule has 2 aromatic carbocycles. The Morgan fingerprint density at radius 3 is 2.52 bits per heavy atom. The zero-order valence-electron chi connectivity index (χ0n) is 13.2. The topological polar surface area (TPSA) is 58.0 Å². The first-order chi connectivity index (χ1) is 12.0. The largest absolute Gasteiger partial charge is 0.418 e. The van der Waals surface area contributed by atoms with Crippen LogP contribution in [0.4, 0.5) is 19.0 Å². The molecule has 0 radical (unpaired) electrons. The molecule has 0 aliphatic rings. The molecule has 1 aromatic heterocycles. The monoisotopic (exact) mass is 347 g/mol. The number of aliphatic hydroxyl groups is 1. The Labute approximate surface area is 142 Å². The highest BCUT2D eigenvalue weighted by Crippen LogP contribution is 2.34. The van der Waals surface area contributed by atoms with Crippen LogP contribution in [0.3, 0.4) is 0 Å². The molecule has 3 rings (SSSR count). The van der Waals surface area contributed by atoms with Crippen LogP contribution >= 0.6 is 0 Å². The van der Waals surface area contributed by atoms with Crippen molar-refractivity contribution in [3.05, 3.63) is 66.0 Å². The van der Waals surface area contributed by atoms with Gasteiger partial charge in [0.2, 0.25) is 0 Å². The van der Waals surface area contributed by atoms with Gasteiger partial charge in [0, 0.05) is 11.9 Å². The predicted molar refractivity (Wildman–Crippen MR) is 89.2 cm³/mol. The second-order valence-corrected chi connectivity index (χ2v) is 5.56. The van der Waals surface area contributed by atoms with Crippen molar-refractivity contribution in [2.45, 2.75) is 18.7 Å². The fourth-order valence-corrected chi connectivity index (χ4v) is 2.67. The first-order valence-electron chi connectivity index (χ1n) is 7.73. The zero-order chi connectivity index (χ0) is 17.9. The molecule has 0 amide bonds. The van der Waals surface area contributed by atoms with Crippen LogP contribution in [0.25, 0.3) is 10.9 Å². The third kappa shape index (κ3) is 3.88. The van der Waals surface area contributed by atoms with E-state index >= 15 is 0 Å². The number of alkyl halides is 3. The molecule has 0 aliphatic heterocycles. The molecule has 0 fully saturated rings. The standard InChI is InChI=1S/C18H16F3N3O/c19-18(20,21)16(25)13-6-2-1-5-12(13)9-10-22-17-14-7-3-4-8-15(14)23-11-24-17/h1-8,11,16,25H,9-10H2,(H,22,23,24). The van der Waals surface area contributed by atoms with Crippen molar-refractivity contribution >= 4 is 16.7 Å². The number of para-hydroxylation sites is 1. The molecule has 1 atom stereocenters. The minimum atomic E-state index is -4.69. The summed E-state index contributed by atoms with van der Waals surface area (Å²) in [6.45, 7) is 0.378. The van der Waals surface area contributed by atoms with Crippen molar-refractivity contribution in [2.75, 3.05) is 11.9 Å². The minimum absolute atomic E-state index is 0.121. The number of aliphatic hydroxyl groups excluding tert-OH is 1. The SMILES string of the molecule is OC(c1ccccc1CCNc1ncnc2ccccc12)C(F)(F)F. The number of fused-ring (bicyclic) bond motifs is 1. The molecule has 2 N–H and O–H groups in total. The second-order valence-electron chi connectivity index (χ2n) is 5.56. The fraction of sp³-hybridized carbons (Fsp3) is 0.222. The molecular weight excluding hydrogens is 331 g/mol. The lowest BCUT2D eigenvalue weighted by Crippen LogP contribution is -2.22. The first-order valence-corrected chi connectivity index (χ1v) is 7.73. The highest BCUT2D eigenvalue weighted by molar-refractivity contribution is 5.88. The van der Waals surface area contributed by atoms with Crippen molar-refractivity contribution in [2.24, 2.45) is 0 Å². The number of halogens is 3. The Morgan fingerprint density at radius 1 is 1.00 bits per heavy atom. The smallest absolute Gasteiger partial charge is 0.379 e. The maximum atomic E-state index is 12.8. The van der Waals surface area contributed by atoms with E-state index in [1.807, 2.05) is 24.3 Å². The number of hydrogen-bond acceptors (Lipinski definition) is 4. The molecule has 25 heavy (non-hydrogen) atoms. The van der Waals surface area contributed by atoms with E-state index in [0.29, 0.717) is 24.3 Å². The van der Waals surface area contributed by atoms with E-state index in [0.717, 1.165) is 10.9 Å². The number of anilines is 1. The van der Waals surface area contributed by atoms with Gasteiger partial charge in [-0.3, -0.25) is 0 Å². The number of aromatic nitrogens is 2. The van der Waals surface area contributed by atoms with Crippen molar-refractivity contribution in [3.63, 3.8) is 0 Å². The Morgan fingerprint density at radius 2 is 1.72 bits per heavy atom. The van der Waals surface area contributed by atoms with Gasteiger partial charge in [-0.2, -0.15) is 13.2 Å². The van der Waals surface area contributed by atoms with E-state index in [2.05, 4.69) is 15.3 Å². The van der Waals surface area contributed by atoms with Crippen LogP contribution in [-0.2, 0) is 6.42 Å². The lowest BCUT2D eigenvalue weighted by molar-refractivity contribution is -0.207. The Hall–Kier alpha value is -2.67. The normalized spacial score (nSPS) is 13.0. The van der Waals surface area contributed by atoms with Gasteiger partial charge in [0.05, 0.1) is 5.52 Å². The minimum Gasteiger partial charge on any atom is -0.379 e. The molecular formula is C18H16F3N3O. The summed E-state index contributed by atoms with van der Waals surface area (Å²) in [5.41, 5.74) is 1.11. The summed E-state index contributed by atoms with van der Waals surface area (Å²) < 4.78 is 38.4. The molecule has 130 valence electrons. The first kappa shape index (κ1) is 17.2. The van der Waals surface area contributed by atoms with E-state index < -0.39 is 12.3 Å². The molecule has 3 aromatic rings. The van der Waals surface area contributed by atoms with E-state index in [1.165, 1.54) is 18.5 Å². The number of nitrogens with zero attached hydrogens (tertiary/aromatic N) is 2. The van der Waals surface area contributed by atoms with Crippen LogP contribution in [0.2, 0.25) is 0 Å². The van der Waals surface area contributed by atoms with Gasteiger partial charge in [0.15, 0.2) is 6.10 Å². The van der Waals surface area contributed by atoms with Crippen LogP contribution < -0.4 is 5.32 Å². The highest BCUT2D eigenvalue weighted by atomic mass is 19.4. The molecule has 7 heteroatoms. The van der Waals surface area contributed by atoms with E-state index in [4.69, 9.17) is 0 Å². The summed E-state index contributed by atoms with van der Waals surface area (Å²) >= 11 is 0. The van der Waals surface area contributed by atoms with Gasteiger partial charge >= 0.3 is 6.18 Å². The van der Waals surface area contributed by atoms with E-state index in [9.17, 15) is 18.3 Å². The summed E-state index contributed by atoms with van der Waals surface area (Å²) in [7, 11) is 0. The molecule has 0 saturated carbocycles. The summed E-state index contributed by atoms with van der Waals surface area (Å²) in [5, 5.41) is 13.5. The van der Waals surface area contributed by atoms with E-state index in [1.54, 1.807) is 12.1 Å². The predicted octanol–water partition coefficient (Wildman–Crippen LogP) is 3.88. The van der Waals surface area contributed by atoms with Gasteiger partial charge in [-0.25, -0.2) is 9.97 Å². The average Bonchev–Trinajstić information content (AvgIpc) is 2.61. The third-order valence-electron chi connectivity index (χ3n) is 3.89. The van der Waals surface area contributed by atoms with Crippen molar-refractivity contribution < 1.29 is 18.3 Å². The maximum Gasteiger partial charge on any atom is 0.418 e. The fourth-order valence-electron chi connectivity index (χ4n) is 2.67. The number of nitrogens with one attached hydrogen (secondary N) is 1. The van der Waals surface area contributed by atoms with Crippen LogP contribution in [0.15, 0.2) is 54.9 Å². The maximum absolute atomic E-state index is 12.8. The van der Waals surface area contributed by atoms with Gasteiger partial charge < -0.3 is 10.4 Å². The Kier molecular flexibility index (Phi) is 4.85. The molecule has 1 heterocycles. The van der Waals surface area contributed by atoms with Crippen molar-refractivity contribution in [3.8, 4) is 0 Å². The van der Waals surface area contributed by atoms with Gasteiger partial charge in [0.1, 0.15) is 12.1 Å². The molecule has 0 bridgehead atoms. The Balaban J connectivity index is 1.74. The van der Waals surface area contributed by atoms with Crippen molar-refractivity contribution in [1.82, 2.24) is 9.97 Å². The van der Waals surface area contributed by atoms with Crippen LogP contribution in [0.5, 0.6) is 0 Å².